The monoisotopic (exact) mass is 240 g/mol. The van der Waals surface area contributed by atoms with E-state index in [1.807, 2.05) is 0 Å². The second-order valence-corrected chi connectivity index (χ2v) is 3.58. The highest BCUT2D eigenvalue weighted by atomic mass is 16.5. The predicted octanol–water partition coefficient (Wildman–Crippen LogP) is 1.77. The summed E-state index contributed by atoms with van der Waals surface area (Å²) < 4.78 is 12.2. The summed E-state index contributed by atoms with van der Waals surface area (Å²) in [6.07, 6.45) is 6.29. The topological polar surface area (TPSA) is 76.4 Å². The largest absolute Gasteiger partial charge is 0.482 e. The van der Waals surface area contributed by atoms with Crippen LogP contribution in [0.2, 0.25) is 0 Å². The van der Waals surface area contributed by atoms with Gasteiger partial charge in [-0.25, -0.2) is 9.50 Å². The van der Waals surface area contributed by atoms with Crippen LogP contribution in [-0.4, -0.2) is 14.6 Å². The summed E-state index contributed by atoms with van der Waals surface area (Å²) in [4.78, 5) is 3.95. The summed E-state index contributed by atoms with van der Waals surface area (Å²) in [7, 11) is 0. The van der Waals surface area contributed by atoms with E-state index in [1.54, 1.807) is 29.0 Å². The Morgan fingerprint density at radius 2 is 2.39 bits per heavy atom. The van der Waals surface area contributed by atoms with E-state index in [2.05, 4.69) is 16.2 Å². The Labute approximate surface area is 102 Å². The standard InChI is InChI=1S/C12H8N4O2/c13-5-9-6-15-16-7-10(1-2-11(9)16)18-8-12-14-3-4-17-12/h1-4,6-7H,8H2. The van der Waals surface area contributed by atoms with Gasteiger partial charge in [0.25, 0.3) is 0 Å². The van der Waals surface area contributed by atoms with Gasteiger partial charge in [-0.3, -0.25) is 0 Å². The molecule has 3 aromatic heterocycles. The van der Waals surface area contributed by atoms with Crippen LogP contribution in [0.15, 0.2) is 41.4 Å². The Hall–Kier alpha value is -2.81. The quantitative estimate of drug-likeness (QED) is 0.697. The van der Waals surface area contributed by atoms with Crippen LogP contribution < -0.4 is 4.74 Å². The molecule has 0 amide bonds. The lowest BCUT2D eigenvalue weighted by molar-refractivity contribution is 0.261. The zero-order chi connectivity index (χ0) is 12.4. The Morgan fingerprint density at radius 1 is 1.44 bits per heavy atom. The first-order chi connectivity index (χ1) is 8.86. The van der Waals surface area contributed by atoms with Crippen LogP contribution in [0.4, 0.5) is 0 Å². The molecule has 0 aliphatic carbocycles. The molecule has 0 bridgehead atoms. The maximum atomic E-state index is 8.87. The van der Waals surface area contributed by atoms with Crippen molar-refractivity contribution in [3.05, 3.63) is 48.4 Å². The highest BCUT2D eigenvalue weighted by molar-refractivity contribution is 5.60. The average molecular weight is 240 g/mol. The number of hydrogen-bond acceptors (Lipinski definition) is 5. The molecular formula is C12H8N4O2. The smallest absolute Gasteiger partial charge is 0.232 e. The third kappa shape index (κ3) is 1.78. The van der Waals surface area contributed by atoms with E-state index in [9.17, 15) is 0 Å². The molecule has 0 aromatic carbocycles. The van der Waals surface area contributed by atoms with Crippen molar-refractivity contribution in [2.45, 2.75) is 6.61 Å². The van der Waals surface area contributed by atoms with Crippen molar-refractivity contribution in [2.24, 2.45) is 0 Å². The van der Waals surface area contributed by atoms with E-state index in [1.165, 1.54) is 12.5 Å². The second-order valence-electron chi connectivity index (χ2n) is 3.58. The van der Waals surface area contributed by atoms with Gasteiger partial charge >= 0.3 is 0 Å². The number of ether oxygens (including phenoxy) is 1. The van der Waals surface area contributed by atoms with Crippen LogP contribution in [0.1, 0.15) is 11.5 Å². The van der Waals surface area contributed by atoms with Crippen molar-refractivity contribution in [1.82, 2.24) is 14.6 Å². The molecule has 0 fully saturated rings. The van der Waals surface area contributed by atoms with E-state index in [4.69, 9.17) is 14.4 Å². The third-order valence-electron chi connectivity index (χ3n) is 2.46. The molecule has 0 radical (unpaired) electrons. The first kappa shape index (κ1) is 10.4. The molecular weight excluding hydrogens is 232 g/mol. The summed E-state index contributed by atoms with van der Waals surface area (Å²) in [5.74, 6) is 1.14. The van der Waals surface area contributed by atoms with Crippen LogP contribution in [0.3, 0.4) is 0 Å². The number of rotatable bonds is 3. The van der Waals surface area contributed by atoms with Crippen molar-refractivity contribution in [2.75, 3.05) is 0 Å². The maximum Gasteiger partial charge on any atom is 0.232 e. The number of nitrogens with zero attached hydrogens (tertiary/aromatic N) is 4. The summed E-state index contributed by atoms with van der Waals surface area (Å²) in [6.45, 7) is 0.255. The number of fused-ring (bicyclic) bond motifs is 1. The number of nitriles is 1. The van der Waals surface area contributed by atoms with Gasteiger partial charge in [0.1, 0.15) is 18.1 Å². The van der Waals surface area contributed by atoms with Crippen LogP contribution in [-0.2, 0) is 6.61 Å². The van der Waals surface area contributed by atoms with E-state index < -0.39 is 0 Å². The summed E-state index contributed by atoms with van der Waals surface area (Å²) >= 11 is 0. The van der Waals surface area contributed by atoms with Crippen molar-refractivity contribution in [3.8, 4) is 11.8 Å². The zero-order valence-electron chi connectivity index (χ0n) is 9.28. The number of oxazole rings is 1. The lowest BCUT2D eigenvalue weighted by Crippen LogP contribution is -1.97. The molecule has 0 aliphatic rings. The second kappa shape index (κ2) is 4.22. The van der Waals surface area contributed by atoms with Crippen molar-refractivity contribution >= 4 is 5.52 Å². The van der Waals surface area contributed by atoms with Gasteiger partial charge in [-0.2, -0.15) is 10.4 Å². The minimum atomic E-state index is 0.255. The molecule has 88 valence electrons. The van der Waals surface area contributed by atoms with Crippen LogP contribution >= 0.6 is 0 Å². The molecule has 0 atom stereocenters. The summed E-state index contributed by atoms with van der Waals surface area (Å²) in [5, 5.41) is 12.9. The summed E-state index contributed by atoms with van der Waals surface area (Å²) in [6, 6.07) is 5.64. The van der Waals surface area contributed by atoms with Gasteiger partial charge in [0.2, 0.25) is 5.89 Å². The number of pyridine rings is 1. The fourth-order valence-electron chi connectivity index (χ4n) is 1.61. The molecule has 0 aliphatic heterocycles. The Balaban J connectivity index is 1.83. The van der Waals surface area contributed by atoms with E-state index in [0.29, 0.717) is 17.2 Å². The first-order valence-electron chi connectivity index (χ1n) is 5.25. The van der Waals surface area contributed by atoms with Gasteiger partial charge in [-0.1, -0.05) is 0 Å². The van der Waals surface area contributed by atoms with Crippen molar-refractivity contribution in [3.63, 3.8) is 0 Å². The molecule has 0 N–H and O–H groups in total. The van der Waals surface area contributed by atoms with Gasteiger partial charge in [-0.15, -0.1) is 0 Å². The van der Waals surface area contributed by atoms with Gasteiger partial charge in [-0.05, 0) is 12.1 Å². The van der Waals surface area contributed by atoms with E-state index in [-0.39, 0.29) is 6.61 Å². The molecule has 0 spiro atoms. The van der Waals surface area contributed by atoms with E-state index >= 15 is 0 Å². The van der Waals surface area contributed by atoms with E-state index in [0.717, 1.165) is 5.52 Å². The SMILES string of the molecule is N#Cc1cnn2cc(OCc3ncco3)ccc12. The van der Waals surface area contributed by atoms with Gasteiger partial charge in [0.05, 0.1) is 29.7 Å². The molecule has 3 rings (SSSR count). The molecule has 3 heterocycles. The fraction of sp³-hybridized carbons (Fsp3) is 0.0833. The number of hydrogen-bond donors (Lipinski definition) is 0. The third-order valence-corrected chi connectivity index (χ3v) is 2.46. The van der Waals surface area contributed by atoms with Crippen LogP contribution in [0.25, 0.3) is 5.52 Å². The highest BCUT2D eigenvalue weighted by Gasteiger charge is 2.05. The predicted molar refractivity (Wildman–Crippen MR) is 60.7 cm³/mol. The summed E-state index contributed by atoms with van der Waals surface area (Å²) in [5.41, 5.74) is 1.29. The molecule has 6 heteroatoms. The Bertz CT molecular complexity index is 709. The maximum absolute atomic E-state index is 8.87. The molecule has 0 unspecified atom stereocenters. The lowest BCUT2D eigenvalue weighted by Gasteiger charge is -2.03. The Morgan fingerprint density at radius 3 is 3.17 bits per heavy atom. The minimum absolute atomic E-state index is 0.255. The van der Waals surface area contributed by atoms with Crippen molar-refractivity contribution in [1.29, 1.82) is 5.26 Å². The Kier molecular flexibility index (Phi) is 2.43. The van der Waals surface area contributed by atoms with Crippen LogP contribution in [0.5, 0.6) is 5.75 Å². The number of aromatic nitrogens is 3. The average Bonchev–Trinajstić information content (AvgIpc) is 3.05. The normalized spacial score (nSPS) is 10.4. The highest BCUT2D eigenvalue weighted by Crippen LogP contribution is 2.16. The minimum Gasteiger partial charge on any atom is -0.482 e. The van der Waals surface area contributed by atoms with Crippen molar-refractivity contribution < 1.29 is 9.15 Å². The molecule has 0 saturated carbocycles. The van der Waals surface area contributed by atoms with Crippen LogP contribution in [0, 0.1) is 11.3 Å². The fourth-order valence-corrected chi connectivity index (χ4v) is 1.61. The van der Waals surface area contributed by atoms with Gasteiger partial charge in [0.15, 0.2) is 6.61 Å². The first-order valence-corrected chi connectivity index (χ1v) is 5.25. The molecule has 18 heavy (non-hydrogen) atoms. The molecule has 6 nitrogen and oxygen atoms in total. The van der Waals surface area contributed by atoms with Gasteiger partial charge in [0, 0.05) is 0 Å². The lowest BCUT2D eigenvalue weighted by atomic mass is 10.3. The molecule has 3 aromatic rings. The molecule has 0 saturated heterocycles. The zero-order valence-corrected chi connectivity index (χ0v) is 9.28. The van der Waals surface area contributed by atoms with Gasteiger partial charge < -0.3 is 9.15 Å².